The normalized spacial score (nSPS) is 26.5. The van der Waals surface area contributed by atoms with Gasteiger partial charge in [0.15, 0.2) is 11.6 Å². The summed E-state index contributed by atoms with van der Waals surface area (Å²) in [5.74, 6) is -1.95. The second-order valence-corrected chi connectivity index (χ2v) is 5.86. The van der Waals surface area contributed by atoms with Crippen molar-refractivity contribution in [1.82, 2.24) is 9.80 Å². The highest BCUT2D eigenvalue weighted by atomic mass is 19.2. The van der Waals surface area contributed by atoms with Crippen LogP contribution in [0.25, 0.3) is 0 Å². The molecule has 2 aliphatic heterocycles. The predicted octanol–water partition coefficient (Wildman–Crippen LogP) is 1.37. The van der Waals surface area contributed by atoms with Crippen LogP contribution in [0.1, 0.15) is 10.4 Å². The van der Waals surface area contributed by atoms with E-state index in [-0.39, 0.29) is 23.4 Å². The van der Waals surface area contributed by atoms with E-state index in [1.54, 1.807) is 4.90 Å². The third kappa shape index (κ3) is 2.91. The molecular formula is C15H18F2N2O2. The van der Waals surface area contributed by atoms with Crippen LogP contribution >= 0.6 is 0 Å². The topological polar surface area (TPSA) is 32.8 Å². The maximum atomic E-state index is 13.3. The number of carbonyl (C=O) groups is 1. The Balaban J connectivity index is 1.87. The maximum Gasteiger partial charge on any atom is 0.254 e. The van der Waals surface area contributed by atoms with Crippen molar-refractivity contribution >= 4 is 5.91 Å². The molecule has 1 amide bonds. The van der Waals surface area contributed by atoms with Gasteiger partial charge in [0.2, 0.25) is 0 Å². The molecule has 6 heteroatoms. The Morgan fingerprint density at radius 1 is 1.19 bits per heavy atom. The largest absolute Gasteiger partial charge is 0.379 e. The van der Waals surface area contributed by atoms with Crippen LogP contribution in [0, 0.1) is 17.6 Å². The van der Waals surface area contributed by atoms with Gasteiger partial charge in [0, 0.05) is 31.1 Å². The first kappa shape index (κ1) is 14.4. The zero-order chi connectivity index (χ0) is 15.0. The molecule has 0 unspecified atom stereocenters. The number of hydrogen-bond acceptors (Lipinski definition) is 3. The summed E-state index contributed by atoms with van der Waals surface area (Å²) >= 11 is 0. The zero-order valence-electron chi connectivity index (χ0n) is 11.9. The zero-order valence-corrected chi connectivity index (χ0v) is 11.9. The van der Waals surface area contributed by atoms with Gasteiger partial charge in [-0.05, 0) is 25.2 Å². The number of rotatable bonds is 1. The van der Waals surface area contributed by atoms with E-state index < -0.39 is 11.6 Å². The highest BCUT2D eigenvalue weighted by molar-refractivity contribution is 5.94. The molecule has 2 heterocycles. The van der Waals surface area contributed by atoms with Gasteiger partial charge in [-0.1, -0.05) is 0 Å². The highest BCUT2D eigenvalue weighted by Crippen LogP contribution is 2.21. The Kier molecular flexibility index (Phi) is 3.91. The Morgan fingerprint density at radius 2 is 2.00 bits per heavy atom. The van der Waals surface area contributed by atoms with Crippen molar-refractivity contribution in [3.05, 3.63) is 35.4 Å². The molecule has 114 valence electrons. The van der Waals surface area contributed by atoms with Crippen molar-refractivity contribution < 1.29 is 18.3 Å². The maximum absolute atomic E-state index is 13.3. The lowest BCUT2D eigenvalue weighted by molar-refractivity contribution is 0.0483. The van der Waals surface area contributed by atoms with Gasteiger partial charge in [-0.3, -0.25) is 4.79 Å². The summed E-state index contributed by atoms with van der Waals surface area (Å²) in [4.78, 5) is 16.6. The second kappa shape index (κ2) is 5.69. The van der Waals surface area contributed by atoms with E-state index in [1.165, 1.54) is 6.07 Å². The molecule has 0 aromatic heterocycles. The van der Waals surface area contributed by atoms with Crippen LogP contribution in [0.2, 0.25) is 0 Å². The van der Waals surface area contributed by atoms with Crippen LogP contribution < -0.4 is 0 Å². The molecule has 0 N–H and O–H groups in total. The third-order valence-electron chi connectivity index (χ3n) is 4.08. The van der Waals surface area contributed by atoms with E-state index in [4.69, 9.17) is 4.74 Å². The van der Waals surface area contributed by atoms with E-state index in [0.29, 0.717) is 19.8 Å². The van der Waals surface area contributed by atoms with Gasteiger partial charge in [0.05, 0.1) is 19.3 Å². The summed E-state index contributed by atoms with van der Waals surface area (Å²) in [6.07, 6.45) is 0. The van der Waals surface area contributed by atoms with Crippen molar-refractivity contribution in [3.8, 4) is 0 Å². The lowest BCUT2D eigenvalue weighted by Crippen LogP contribution is -2.46. The molecule has 0 aliphatic carbocycles. The van der Waals surface area contributed by atoms with Crippen molar-refractivity contribution in [2.24, 2.45) is 5.92 Å². The molecule has 0 saturated carbocycles. The molecule has 2 atom stereocenters. The SMILES string of the molecule is CN1C[C@@H]2COC[C@H](C1)N(C(=O)c1ccc(F)c(F)c1)C2. The van der Waals surface area contributed by atoms with E-state index >= 15 is 0 Å². The van der Waals surface area contributed by atoms with E-state index in [2.05, 4.69) is 4.90 Å². The number of benzene rings is 1. The van der Waals surface area contributed by atoms with E-state index in [0.717, 1.165) is 25.2 Å². The highest BCUT2D eigenvalue weighted by Gasteiger charge is 2.35. The smallest absolute Gasteiger partial charge is 0.254 e. The Hall–Kier alpha value is -1.53. The number of hydrogen-bond donors (Lipinski definition) is 0. The van der Waals surface area contributed by atoms with Crippen molar-refractivity contribution in [2.45, 2.75) is 6.04 Å². The lowest BCUT2D eigenvalue weighted by Gasteiger charge is -2.29. The van der Waals surface area contributed by atoms with Crippen LogP contribution in [0.3, 0.4) is 0 Å². The fourth-order valence-electron chi connectivity index (χ4n) is 3.12. The monoisotopic (exact) mass is 296 g/mol. The molecule has 1 aromatic carbocycles. The van der Waals surface area contributed by atoms with Crippen LogP contribution in [-0.2, 0) is 4.74 Å². The minimum absolute atomic E-state index is 0.0527. The number of ether oxygens (including phenoxy) is 1. The summed E-state index contributed by atoms with van der Waals surface area (Å²) in [5, 5.41) is 0. The quantitative estimate of drug-likeness (QED) is 0.784. The molecule has 2 fully saturated rings. The Morgan fingerprint density at radius 3 is 2.76 bits per heavy atom. The summed E-state index contributed by atoms with van der Waals surface area (Å²) in [5.41, 5.74) is 0.184. The van der Waals surface area contributed by atoms with Crippen LogP contribution in [-0.4, -0.2) is 61.6 Å². The summed E-state index contributed by atoms with van der Waals surface area (Å²) in [6, 6.07) is 3.25. The van der Waals surface area contributed by atoms with Crippen LogP contribution in [0.4, 0.5) is 8.78 Å². The summed E-state index contributed by atoms with van der Waals surface area (Å²) in [7, 11) is 2.02. The number of nitrogens with zero attached hydrogens (tertiary/aromatic N) is 2. The molecule has 1 aromatic rings. The average molecular weight is 296 g/mol. The van der Waals surface area contributed by atoms with Crippen molar-refractivity contribution in [1.29, 1.82) is 0 Å². The molecular weight excluding hydrogens is 278 g/mol. The van der Waals surface area contributed by atoms with E-state index in [9.17, 15) is 13.6 Å². The van der Waals surface area contributed by atoms with Gasteiger partial charge in [-0.25, -0.2) is 8.78 Å². The number of amides is 1. The molecule has 2 aliphatic rings. The lowest BCUT2D eigenvalue weighted by atomic mass is 10.1. The number of likely N-dealkylation sites (N-methyl/N-ethyl adjacent to an activating group) is 1. The number of halogens is 2. The molecule has 4 nitrogen and oxygen atoms in total. The van der Waals surface area contributed by atoms with Crippen LogP contribution in [0.15, 0.2) is 18.2 Å². The standard InChI is InChI=1S/C15H18F2N2O2/c1-18-5-10-6-19(12(7-18)9-21-8-10)15(20)11-2-3-13(16)14(17)4-11/h2-4,10,12H,5-9H2,1H3/t10-,12-/m0/s1. The Labute approximate surface area is 122 Å². The molecule has 2 saturated heterocycles. The van der Waals surface area contributed by atoms with Gasteiger partial charge in [0.1, 0.15) is 0 Å². The number of fused-ring (bicyclic) bond motifs is 3. The summed E-state index contributed by atoms with van der Waals surface area (Å²) in [6.45, 7) is 3.30. The van der Waals surface area contributed by atoms with Gasteiger partial charge >= 0.3 is 0 Å². The second-order valence-electron chi connectivity index (χ2n) is 5.86. The average Bonchev–Trinajstić information content (AvgIpc) is 2.71. The predicted molar refractivity (Wildman–Crippen MR) is 73.0 cm³/mol. The molecule has 0 spiro atoms. The molecule has 2 bridgehead atoms. The number of carbonyl (C=O) groups excluding carboxylic acids is 1. The first-order chi connectivity index (χ1) is 10.0. The van der Waals surface area contributed by atoms with Gasteiger partial charge in [-0.2, -0.15) is 0 Å². The minimum atomic E-state index is -0.994. The van der Waals surface area contributed by atoms with E-state index in [1.807, 2.05) is 7.05 Å². The third-order valence-corrected chi connectivity index (χ3v) is 4.08. The van der Waals surface area contributed by atoms with Crippen LogP contribution in [0.5, 0.6) is 0 Å². The first-order valence-electron chi connectivity index (χ1n) is 7.07. The minimum Gasteiger partial charge on any atom is -0.379 e. The first-order valence-corrected chi connectivity index (χ1v) is 7.07. The molecule has 21 heavy (non-hydrogen) atoms. The molecule has 0 radical (unpaired) electrons. The fraction of sp³-hybridized carbons (Fsp3) is 0.533. The van der Waals surface area contributed by atoms with Gasteiger partial charge in [-0.15, -0.1) is 0 Å². The fourth-order valence-corrected chi connectivity index (χ4v) is 3.12. The van der Waals surface area contributed by atoms with Crippen molar-refractivity contribution in [3.63, 3.8) is 0 Å². The Bertz CT molecular complexity index is 552. The van der Waals surface area contributed by atoms with Crippen molar-refractivity contribution in [2.75, 3.05) is 39.9 Å². The molecule has 3 rings (SSSR count). The van der Waals surface area contributed by atoms with Gasteiger partial charge < -0.3 is 14.5 Å². The summed E-state index contributed by atoms with van der Waals surface area (Å²) < 4.78 is 32.0. The van der Waals surface area contributed by atoms with Gasteiger partial charge in [0.25, 0.3) is 5.91 Å².